The number of aryl methyl sites for hydroxylation is 1. The molecule has 0 saturated heterocycles. The Morgan fingerprint density at radius 2 is 1.95 bits per heavy atom. The summed E-state index contributed by atoms with van der Waals surface area (Å²) >= 11 is 0. The van der Waals surface area contributed by atoms with Gasteiger partial charge < -0.3 is 16.2 Å². The minimum atomic E-state index is -0.562. The predicted molar refractivity (Wildman–Crippen MR) is 84.0 cm³/mol. The average molecular weight is 287 g/mol. The zero-order valence-corrected chi connectivity index (χ0v) is 12.6. The van der Waals surface area contributed by atoms with Crippen molar-refractivity contribution in [3.05, 3.63) is 53.2 Å². The zero-order valence-electron chi connectivity index (χ0n) is 12.6. The number of pyridine rings is 1. The molecule has 0 saturated carbocycles. The summed E-state index contributed by atoms with van der Waals surface area (Å²) in [4.78, 5) is 15.0. The van der Waals surface area contributed by atoms with E-state index in [-0.39, 0.29) is 11.4 Å². The van der Waals surface area contributed by atoms with E-state index in [0.29, 0.717) is 12.4 Å². The molecule has 0 radical (unpaired) electrons. The third-order valence-electron chi connectivity index (χ3n) is 2.81. The molecule has 0 atom stereocenters. The number of anilines is 1. The highest BCUT2D eigenvalue weighted by atomic mass is 16.5. The van der Waals surface area contributed by atoms with Crippen LogP contribution in [0.3, 0.4) is 0 Å². The number of aromatic nitrogens is 1. The van der Waals surface area contributed by atoms with Gasteiger partial charge in [0.25, 0.3) is 0 Å². The van der Waals surface area contributed by atoms with Crippen molar-refractivity contribution in [1.29, 1.82) is 0 Å². The smallest absolute Gasteiger partial charge is 0.250 e. The molecule has 0 fully saturated rings. The number of nitrogens with zero attached hydrogens (tertiary/aromatic N) is 1. The molecular weight excluding hydrogens is 266 g/mol. The topological polar surface area (TPSA) is 91.2 Å². The Balaban J connectivity index is 0.00000106. The Morgan fingerprint density at radius 3 is 2.57 bits per heavy atom. The van der Waals surface area contributed by atoms with Crippen molar-refractivity contribution in [3.63, 3.8) is 0 Å². The third kappa shape index (κ3) is 4.49. The maximum absolute atomic E-state index is 11.1. The maximum atomic E-state index is 11.1. The second-order valence-corrected chi connectivity index (χ2v) is 4.19. The van der Waals surface area contributed by atoms with Crippen LogP contribution in [-0.2, 0) is 6.61 Å². The van der Waals surface area contributed by atoms with Gasteiger partial charge in [-0.3, -0.25) is 4.79 Å². The van der Waals surface area contributed by atoms with E-state index in [9.17, 15) is 4.79 Å². The van der Waals surface area contributed by atoms with Crippen LogP contribution in [-0.4, -0.2) is 10.9 Å². The number of carbonyl (C=O) groups is 1. The van der Waals surface area contributed by atoms with E-state index in [1.54, 1.807) is 0 Å². The highest BCUT2D eigenvalue weighted by Gasteiger charge is 2.08. The second-order valence-electron chi connectivity index (χ2n) is 4.19. The number of nitrogens with two attached hydrogens (primary N) is 2. The zero-order chi connectivity index (χ0) is 15.8. The van der Waals surface area contributed by atoms with Crippen LogP contribution in [0.15, 0.2) is 36.5 Å². The Labute approximate surface area is 124 Å². The van der Waals surface area contributed by atoms with E-state index in [1.165, 1.54) is 12.3 Å². The number of ether oxygens (including phenoxy) is 1. The van der Waals surface area contributed by atoms with Crippen LogP contribution in [0.1, 0.15) is 35.3 Å². The van der Waals surface area contributed by atoms with E-state index in [1.807, 2.05) is 45.0 Å². The normalized spacial score (nSPS) is 9.48. The van der Waals surface area contributed by atoms with Gasteiger partial charge in [0.05, 0.1) is 5.56 Å². The molecule has 0 bridgehead atoms. The molecule has 21 heavy (non-hydrogen) atoms. The SMILES string of the molecule is CC.Cc1ccccc1COc1cc(C(N)=O)cnc1N. The molecule has 0 aliphatic rings. The predicted octanol–water partition coefficient (Wildman–Crippen LogP) is 2.68. The molecule has 1 heterocycles. The summed E-state index contributed by atoms with van der Waals surface area (Å²) in [7, 11) is 0. The van der Waals surface area contributed by atoms with Gasteiger partial charge in [-0.25, -0.2) is 4.98 Å². The lowest BCUT2D eigenvalue weighted by Crippen LogP contribution is -2.12. The molecule has 2 aromatic rings. The summed E-state index contributed by atoms with van der Waals surface area (Å²) < 4.78 is 5.60. The van der Waals surface area contributed by atoms with Crippen LogP contribution in [0.25, 0.3) is 0 Å². The number of rotatable bonds is 4. The van der Waals surface area contributed by atoms with Crippen molar-refractivity contribution in [2.24, 2.45) is 5.73 Å². The second kappa shape index (κ2) is 7.89. The summed E-state index contributed by atoms with van der Waals surface area (Å²) in [5, 5.41) is 0. The number of benzene rings is 1. The van der Waals surface area contributed by atoms with Crippen molar-refractivity contribution >= 4 is 11.7 Å². The molecule has 1 aromatic heterocycles. The summed E-state index contributed by atoms with van der Waals surface area (Å²) in [5.41, 5.74) is 13.3. The molecule has 112 valence electrons. The lowest BCUT2D eigenvalue weighted by molar-refractivity contribution is 0.0999. The fraction of sp³-hybridized carbons (Fsp3) is 0.250. The fourth-order valence-corrected chi connectivity index (χ4v) is 1.63. The van der Waals surface area contributed by atoms with Gasteiger partial charge in [0.2, 0.25) is 5.91 Å². The number of amides is 1. The van der Waals surface area contributed by atoms with Crippen LogP contribution < -0.4 is 16.2 Å². The molecular formula is C16H21N3O2. The highest BCUT2D eigenvalue weighted by molar-refractivity contribution is 5.93. The first-order chi connectivity index (χ1) is 10.1. The van der Waals surface area contributed by atoms with Crippen LogP contribution in [0, 0.1) is 6.92 Å². The lowest BCUT2D eigenvalue weighted by atomic mass is 10.1. The fourth-order valence-electron chi connectivity index (χ4n) is 1.63. The van der Waals surface area contributed by atoms with Gasteiger partial charge in [-0.15, -0.1) is 0 Å². The van der Waals surface area contributed by atoms with Crippen molar-refractivity contribution < 1.29 is 9.53 Å². The van der Waals surface area contributed by atoms with Crippen molar-refractivity contribution in [3.8, 4) is 5.75 Å². The number of primary amides is 1. The molecule has 5 nitrogen and oxygen atoms in total. The first kappa shape index (κ1) is 16.5. The van der Waals surface area contributed by atoms with Crippen molar-refractivity contribution in [2.45, 2.75) is 27.4 Å². The van der Waals surface area contributed by atoms with Gasteiger partial charge >= 0.3 is 0 Å². The summed E-state index contributed by atoms with van der Waals surface area (Å²) in [6.45, 7) is 6.36. The number of hydrogen-bond donors (Lipinski definition) is 2. The van der Waals surface area contributed by atoms with E-state index in [0.717, 1.165) is 11.1 Å². The summed E-state index contributed by atoms with van der Waals surface area (Å²) in [6.07, 6.45) is 1.33. The molecule has 1 aromatic carbocycles. The van der Waals surface area contributed by atoms with E-state index < -0.39 is 5.91 Å². The molecule has 5 heteroatoms. The number of nitrogen functional groups attached to an aromatic ring is 1. The first-order valence-electron chi connectivity index (χ1n) is 6.80. The quantitative estimate of drug-likeness (QED) is 0.904. The standard InChI is InChI=1S/C14H15N3O2.C2H6/c1-9-4-2-3-5-10(9)8-19-12-6-11(14(16)18)7-17-13(12)15;1-2/h2-7H,8H2,1H3,(H2,15,17)(H2,16,18);1-2H3. The number of hydrogen-bond acceptors (Lipinski definition) is 4. The molecule has 0 spiro atoms. The molecule has 2 rings (SSSR count). The van der Waals surface area contributed by atoms with Crippen molar-refractivity contribution in [2.75, 3.05) is 5.73 Å². The largest absolute Gasteiger partial charge is 0.485 e. The van der Waals surface area contributed by atoms with E-state index in [4.69, 9.17) is 16.2 Å². The van der Waals surface area contributed by atoms with Crippen LogP contribution in [0.4, 0.5) is 5.82 Å². The molecule has 1 amide bonds. The Morgan fingerprint density at radius 1 is 1.29 bits per heavy atom. The lowest BCUT2D eigenvalue weighted by Gasteiger charge is -2.10. The van der Waals surface area contributed by atoms with Gasteiger partial charge in [-0.05, 0) is 24.1 Å². The molecule has 0 aliphatic heterocycles. The Hall–Kier alpha value is -2.56. The van der Waals surface area contributed by atoms with Gasteiger partial charge in [0, 0.05) is 6.20 Å². The first-order valence-corrected chi connectivity index (χ1v) is 6.80. The van der Waals surface area contributed by atoms with Gasteiger partial charge in [-0.2, -0.15) is 0 Å². The van der Waals surface area contributed by atoms with Gasteiger partial charge in [0.1, 0.15) is 6.61 Å². The van der Waals surface area contributed by atoms with Crippen LogP contribution in [0.2, 0.25) is 0 Å². The van der Waals surface area contributed by atoms with E-state index >= 15 is 0 Å². The van der Waals surface area contributed by atoms with Crippen LogP contribution >= 0.6 is 0 Å². The minimum absolute atomic E-state index is 0.235. The van der Waals surface area contributed by atoms with Gasteiger partial charge in [-0.1, -0.05) is 38.1 Å². The van der Waals surface area contributed by atoms with E-state index in [2.05, 4.69) is 4.98 Å². The van der Waals surface area contributed by atoms with Crippen LogP contribution in [0.5, 0.6) is 5.75 Å². The van der Waals surface area contributed by atoms with Gasteiger partial charge in [0.15, 0.2) is 11.6 Å². The molecule has 0 aliphatic carbocycles. The molecule has 0 unspecified atom stereocenters. The highest BCUT2D eigenvalue weighted by Crippen LogP contribution is 2.21. The summed E-state index contributed by atoms with van der Waals surface area (Å²) in [5.74, 6) is 0.0337. The molecule has 4 N–H and O–H groups in total. The third-order valence-corrected chi connectivity index (χ3v) is 2.81. The monoisotopic (exact) mass is 287 g/mol. The minimum Gasteiger partial charge on any atom is -0.485 e. The summed E-state index contributed by atoms with van der Waals surface area (Å²) in [6, 6.07) is 9.37. The maximum Gasteiger partial charge on any atom is 0.250 e. The Bertz CT molecular complexity index is 612. The van der Waals surface area contributed by atoms with Crippen molar-refractivity contribution in [1.82, 2.24) is 4.98 Å². The Kier molecular flexibility index (Phi) is 6.20. The average Bonchev–Trinajstić information content (AvgIpc) is 2.49. The number of carbonyl (C=O) groups excluding carboxylic acids is 1.